The van der Waals surface area contributed by atoms with E-state index in [1.165, 1.54) is 16.6 Å². The van der Waals surface area contributed by atoms with Crippen LogP contribution in [0.3, 0.4) is 0 Å². The highest BCUT2D eigenvalue weighted by atomic mass is 35.5. The van der Waals surface area contributed by atoms with Gasteiger partial charge in [-0.05, 0) is 18.6 Å². The van der Waals surface area contributed by atoms with Gasteiger partial charge in [-0.1, -0.05) is 18.2 Å². The molecule has 5 heteroatoms. The van der Waals surface area contributed by atoms with Gasteiger partial charge in [0.1, 0.15) is 6.04 Å². The van der Waals surface area contributed by atoms with Crippen LogP contribution in [0, 0.1) is 0 Å². The van der Waals surface area contributed by atoms with Gasteiger partial charge >= 0.3 is 5.97 Å². The summed E-state index contributed by atoms with van der Waals surface area (Å²) in [5.41, 5.74) is 3.55. The quantitative estimate of drug-likeness (QED) is 0.829. The normalized spacial score (nSPS) is 17.6. The molecule has 3 rings (SSSR count). The molecule has 1 aliphatic rings. The molecule has 0 spiro atoms. The molecule has 0 bridgehead atoms. The van der Waals surface area contributed by atoms with Crippen LogP contribution in [0.1, 0.15) is 18.2 Å². The summed E-state index contributed by atoms with van der Waals surface area (Å²) in [5, 5.41) is 4.43. The van der Waals surface area contributed by atoms with Crippen LogP contribution in [0.15, 0.2) is 24.3 Å². The lowest BCUT2D eigenvalue weighted by Crippen LogP contribution is -2.42. The molecule has 0 fully saturated rings. The number of esters is 1. The van der Waals surface area contributed by atoms with Crippen LogP contribution < -0.4 is 5.32 Å². The Morgan fingerprint density at radius 3 is 3.00 bits per heavy atom. The number of benzene rings is 1. The van der Waals surface area contributed by atoms with Crippen molar-refractivity contribution in [3.63, 3.8) is 0 Å². The molecule has 2 aromatic rings. The molecular weight excluding hydrogens is 264 g/mol. The average molecular weight is 281 g/mol. The van der Waals surface area contributed by atoms with E-state index in [4.69, 9.17) is 4.74 Å². The smallest absolute Gasteiger partial charge is 0.323 e. The summed E-state index contributed by atoms with van der Waals surface area (Å²) in [5.74, 6) is -0.159. The first kappa shape index (κ1) is 13.9. The van der Waals surface area contributed by atoms with Crippen molar-refractivity contribution in [2.75, 3.05) is 6.61 Å². The molecule has 19 heavy (non-hydrogen) atoms. The van der Waals surface area contributed by atoms with Gasteiger partial charge in [-0.2, -0.15) is 0 Å². The van der Waals surface area contributed by atoms with E-state index in [1.807, 2.05) is 19.1 Å². The minimum Gasteiger partial charge on any atom is -0.465 e. The Morgan fingerprint density at radius 2 is 2.21 bits per heavy atom. The highest BCUT2D eigenvalue weighted by Gasteiger charge is 2.27. The maximum Gasteiger partial charge on any atom is 0.323 e. The zero-order valence-corrected chi connectivity index (χ0v) is 11.5. The molecule has 1 unspecified atom stereocenters. The highest BCUT2D eigenvalue weighted by Crippen LogP contribution is 2.26. The molecule has 0 aliphatic carbocycles. The first-order valence-corrected chi connectivity index (χ1v) is 6.28. The van der Waals surface area contributed by atoms with Crippen molar-refractivity contribution in [2.24, 2.45) is 0 Å². The van der Waals surface area contributed by atoms with E-state index in [-0.39, 0.29) is 24.4 Å². The molecular formula is C14H17ClN2O2. The van der Waals surface area contributed by atoms with Gasteiger partial charge < -0.3 is 9.72 Å². The van der Waals surface area contributed by atoms with Gasteiger partial charge in [0.05, 0.1) is 6.61 Å². The Hall–Kier alpha value is -1.52. The number of para-hydroxylation sites is 1. The fourth-order valence-electron chi connectivity index (χ4n) is 2.55. The third kappa shape index (κ3) is 2.46. The Bertz CT molecular complexity index is 594. The number of nitrogens with one attached hydrogen (secondary N) is 2. The molecule has 1 atom stereocenters. The molecule has 2 heterocycles. The summed E-state index contributed by atoms with van der Waals surface area (Å²) < 4.78 is 5.07. The summed E-state index contributed by atoms with van der Waals surface area (Å²) in [7, 11) is 0. The number of H-pyrrole nitrogens is 1. The largest absolute Gasteiger partial charge is 0.465 e. The van der Waals surface area contributed by atoms with E-state index < -0.39 is 0 Å². The molecule has 2 N–H and O–H groups in total. The fourth-order valence-corrected chi connectivity index (χ4v) is 2.55. The zero-order chi connectivity index (χ0) is 12.5. The summed E-state index contributed by atoms with van der Waals surface area (Å²) in [6, 6.07) is 7.97. The maximum atomic E-state index is 11.8. The summed E-state index contributed by atoms with van der Waals surface area (Å²) in [4.78, 5) is 15.2. The molecule has 1 aromatic heterocycles. The van der Waals surface area contributed by atoms with Crippen LogP contribution in [0.25, 0.3) is 10.9 Å². The fraction of sp³-hybridized carbons (Fsp3) is 0.357. The lowest BCUT2D eigenvalue weighted by atomic mass is 9.99. The number of halogens is 1. The number of aromatic nitrogens is 1. The second-order valence-electron chi connectivity index (χ2n) is 4.52. The number of ether oxygens (including phenoxy) is 1. The number of hydrogen-bond acceptors (Lipinski definition) is 3. The van der Waals surface area contributed by atoms with Crippen molar-refractivity contribution in [2.45, 2.75) is 25.9 Å². The Morgan fingerprint density at radius 1 is 1.42 bits per heavy atom. The molecule has 0 saturated carbocycles. The van der Waals surface area contributed by atoms with Crippen molar-refractivity contribution in [1.29, 1.82) is 0 Å². The number of fused-ring (bicyclic) bond motifs is 3. The standard InChI is InChI=1S/C14H16N2O2.ClH/c1-2-18-14(17)12-7-10-9-5-3-4-6-11(9)16-13(10)8-15-12;/h3-6,12,15-16H,2,7-8H2,1H3;1H. The van der Waals surface area contributed by atoms with Gasteiger partial charge in [0.2, 0.25) is 0 Å². The van der Waals surface area contributed by atoms with Crippen molar-refractivity contribution < 1.29 is 9.53 Å². The second-order valence-corrected chi connectivity index (χ2v) is 4.52. The topological polar surface area (TPSA) is 54.1 Å². The molecule has 1 aromatic carbocycles. The highest BCUT2D eigenvalue weighted by molar-refractivity contribution is 5.86. The molecule has 0 radical (unpaired) electrons. The second kappa shape index (κ2) is 5.63. The monoisotopic (exact) mass is 280 g/mol. The van der Waals surface area contributed by atoms with Crippen molar-refractivity contribution >= 4 is 29.3 Å². The van der Waals surface area contributed by atoms with Crippen LogP contribution in [-0.4, -0.2) is 23.6 Å². The van der Waals surface area contributed by atoms with E-state index in [0.717, 1.165) is 5.52 Å². The number of carbonyl (C=O) groups excluding carboxylic acids is 1. The third-order valence-corrected chi connectivity index (χ3v) is 3.41. The number of carbonyl (C=O) groups is 1. The predicted octanol–water partition coefficient (Wildman–Crippen LogP) is 2.17. The van der Waals surface area contributed by atoms with Gasteiger partial charge in [-0.15, -0.1) is 12.4 Å². The van der Waals surface area contributed by atoms with Crippen molar-refractivity contribution in [1.82, 2.24) is 10.3 Å². The molecule has 0 amide bonds. The van der Waals surface area contributed by atoms with Crippen LogP contribution in [0.2, 0.25) is 0 Å². The minimum atomic E-state index is -0.225. The molecule has 102 valence electrons. The number of aromatic amines is 1. The Labute approximate surface area is 117 Å². The van der Waals surface area contributed by atoms with Gasteiger partial charge in [0.25, 0.3) is 0 Å². The molecule has 0 saturated heterocycles. The summed E-state index contributed by atoms with van der Waals surface area (Å²) in [6.45, 7) is 2.95. The van der Waals surface area contributed by atoms with Gasteiger partial charge in [-0.25, -0.2) is 0 Å². The minimum absolute atomic E-state index is 0. The first-order chi connectivity index (χ1) is 8.79. The number of hydrogen-bond donors (Lipinski definition) is 2. The lowest BCUT2D eigenvalue weighted by Gasteiger charge is -2.22. The van der Waals surface area contributed by atoms with Crippen LogP contribution >= 0.6 is 12.4 Å². The summed E-state index contributed by atoms with van der Waals surface area (Å²) >= 11 is 0. The summed E-state index contributed by atoms with van der Waals surface area (Å²) in [6.07, 6.45) is 0.693. The lowest BCUT2D eigenvalue weighted by molar-refractivity contribution is -0.145. The molecule has 1 aliphatic heterocycles. The van der Waals surface area contributed by atoms with Gasteiger partial charge in [0.15, 0.2) is 0 Å². The zero-order valence-electron chi connectivity index (χ0n) is 10.7. The van der Waals surface area contributed by atoms with E-state index >= 15 is 0 Å². The van der Waals surface area contributed by atoms with E-state index in [1.54, 1.807) is 0 Å². The maximum absolute atomic E-state index is 11.8. The van der Waals surface area contributed by atoms with Gasteiger partial charge in [-0.3, -0.25) is 10.1 Å². The third-order valence-electron chi connectivity index (χ3n) is 3.41. The van der Waals surface area contributed by atoms with E-state index in [2.05, 4.69) is 22.4 Å². The van der Waals surface area contributed by atoms with Crippen LogP contribution in [-0.2, 0) is 22.5 Å². The Balaban J connectivity index is 0.00000133. The SMILES string of the molecule is CCOC(=O)C1Cc2c([nH]c3ccccc23)CN1.Cl. The number of rotatable bonds is 2. The Kier molecular flexibility index (Phi) is 4.12. The van der Waals surface area contributed by atoms with Crippen LogP contribution in [0.4, 0.5) is 0 Å². The van der Waals surface area contributed by atoms with E-state index in [9.17, 15) is 4.79 Å². The van der Waals surface area contributed by atoms with Gasteiger partial charge in [0, 0.05) is 29.6 Å². The molecule has 4 nitrogen and oxygen atoms in total. The van der Waals surface area contributed by atoms with Crippen LogP contribution in [0.5, 0.6) is 0 Å². The first-order valence-electron chi connectivity index (χ1n) is 6.28. The predicted molar refractivity (Wildman–Crippen MR) is 76.5 cm³/mol. The van der Waals surface area contributed by atoms with Crippen molar-refractivity contribution in [3.8, 4) is 0 Å². The average Bonchev–Trinajstić information content (AvgIpc) is 2.76. The van der Waals surface area contributed by atoms with E-state index in [0.29, 0.717) is 19.6 Å². The van der Waals surface area contributed by atoms with Crippen molar-refractivity contribution in [3.05, 3.63) is 35.5 Å².